The van der Waals surface area contributed by atoms with Crippen molar-refractivity contribution < 1.29 is 4.74 Å². The normalized spacial score (nSPS) is 14.4. The Bertz CT molecular complexity index is 706. The zero-order chi connectivity index (χ0) is 18.0. The Balaban J connectivity index is 0.00000261. The van der Waals surface area contributed by atoms with E-state index in [1.807, 2.05) is 36.7 Å². The van der Waals surface area contributed by atoms with Gasteiger partial charge in [0, 0.05) is 63.3 Å². The highest BCUT2D eigenvalue weighted by Gasteiger charge is 2.15. The molecule has 2 aromatic heterocycles. The Kier molecular flexibility index (Phi) is 9.26. The van der Waals surface area contributed by atoms with E-state index in [1.165, 1.54) is 0 Å². The van der Waals surface area contributed by atoms with Crippen molar-refractivity contribution >= 4 is 35.8 Å². The highest BCUT2D eigenvalue weighted by molar-refractivity contribution is 14.0. The van der Waals surface area contributed by atoms with Crippen molar-refractivity contribution in [1.82, 2.24) is 20.6 Å². The molecular formula is C19H27IN6O. The second kappa shape index (κ2) is 11.7. The van der Waals surface area contributed by atoms with Gasteiger partial charge >= 0.3 is 0 Å². The number of hydrogen-bond acceptors (Lipinski definition) is 5. The van der Waals surface area contributed by atoms with Gasteiger partial charge in [-0.2, -0.15) is 0 Å². The summed E-state index contributed by atoms with van der Waals surface area (Å²) in [5, 5.41) is 6.70. The van der Waals surface area contributed by atoms with Crippen LogP contribution < -0.4 is 15.5 Å². The number of guanidine groups is 1. The number of hydrogen-bond donors (Lipinski definition) is 2. The number of nitrogens with zero attached hydrogens (tertiary/aromatic N) is 4. The summed E-state index contributed by atoms with van der Waals surface area (Å²) in [7, 11) is 1.78. The van der Waals surface area contributed by atoms with Gasteiger partial charge in [0.05, 0.1) is 13.2 Å². The van der Waals surface area contributed by atoms with Crippen molar-refractivity contribution in [3.63, 3.8) is 0 Å². The minimum Gasteiger partial charge on any atom is -0.378 e. The van der Waals surface area contributed by atoms with E-state index in [0.717, 1.165) is 62.3 Å². The van der Waals surface area contributed by atoms with E-state index >= 15 is 0 Å². The van der Waals surface area contributed by atoms with Crippen LogP contribution in [0.2, 0.25) is 0 Å². The molecule has 0 bridgehead atoms. The molecule has 0 amide bonds. The molecule has 27 heavy (non-hydrogen) atoms. The highest BCUT2D eigenvalue weighted by Crippen LogP contribution is 2.18. The van der Waals surface area contributed by atoms with Gasteiger partial charge in [0.25, 0.3) is 0 Å². The van der Waals surface area contributed by atoms with Crippen molar-refractivity contribution in [2.24, 2.45) is 4.99 Å². The van der Waals surface area contributed by atoms with Crippen LogP contribution in [0.4, 0.5) is 5.82 Å². The van der Waals surface area contributed by atoms with E-state index in [9.17, 15) is 0 Å². The molecule has 0 unspecified atom stereocenters. The molecule has 0 atom stereocenters. The lowest BCUT2D eigenvalue weighted by atomic mass is 10.2. The zero-order valence-corrected chi connectivity index (χ0v) is 17.9. The Morgan fingerprint density at radius 1 is 1.11 bits per heavy atom. The lowest BCUT2D eigenvalue weighted by Crippen LogP contribution is -2.40. The molecule has 1 fully saturated rings. The molecule has 2 aromatic rings. The van der Waals surface area contributed by atoms with Crippen LogP contribution in [-0.2, 0) is 17.7 Å². The minimum atomic E-state index is 0. The summed E-state index contributed by atoms with van der Waals surface area (Å²) in [6.45, 7) is 4.70. The molecule has 2 N–H and O–H groups in total. The number of halogens is 1. The minimum absolute atomic E-state index is 0. The number of aromatic nitrogens is 2. The summed E-state index contributed by atoms with van der Waals surface area (Å²) >= 11 is 0. The van der Waals surface area contributed by atoms with Crippen LogP contribution in [0.5, 0.6) is 0 Å². The lowest BCUT2D eigenvalue weighted by molar-refractivity contribution is 0.122. The molecule has 146 valence electrons. The lowest BCUT2D eigenvalue weighted by Gasteiger charge is -2.29. The molecule has 1 aliphatic heterocycles. The van der Waals surface area contributed by atoms with Crippen LogP contribution in [0, 0.1) is 0 Å². The van der Waals surface area contributed by atoms with Crippen LogP contribution in [0.15, 0.2) is 47.7 Å². The van der Waals surface area contributed by atoms with Crippen LogP contribution >= 0.6 is 24.0 Å². The van der Waals surface area contributed by atoms with Crippen molar-refractivity contribution in [3.8, 4) is 0 Å². The maximum Gasteiger partial charge on any atom is 0.191 e. The van der Waals surface area contributed by atoms with Gasteiger partial charge in [-0.25, -0.2) is 4.98 Å². The monoisotopic (exact) mass is 482 g/mol. The summed E-state index contributed by atoms with van der Waals surface area (Å²) in [6, 6.07) is 10.0. The standard InChI is InChI=1S/C19H26N6O.HI/c1-20-19(23-10-7-17-6-2-3-8-21-17)24-15-16-5-4-9-22-18(16)25-11-13-26-14-12-25;/h2-6,8-9H,7,10-15H2,1H3,(H2,20,23,24);1H. The molecule has 0 aliphatic carbocycles. The maximum absolute atomic E-state index is 5.44. The van der Waals surface area contributed by atoms with Gasteiger partial charge in [0.2, 0.25) is 0 Å². The molecule has 8 heteroatoms. The van der Waals surface area contributed by atoms with Gasteiger partial charge < -0.3 is 20.3 Å². The SMILES string of the molecule is CN=C(NCCc1ccccn1)NCc1cccnc1N1CCOCC1.I. The maximum atomic E-state index is 5.44. The van der Waals surface area contributed by atoms with Crippen LogP contribution in [0.3, 0.4) is 0 Å². The predicted molar refractivity (Wildman–Crippen MR) is 119 cm³/mol. The molecule has 3 rings (SSSR count). The third-order valence-electron chi connectivity index (χ3n) is 4.25. The quantitative estimate of drug-likeness (QED) is 0.372. The molecule has 1 aliphatic rings. The first kappa shape index (κ1) is 21.4. The van der Waals surface area contributed by atoms with E-state index in [1.54, 1.807) is 7.05 Å². The van der Waals surface area contributed by atoms with Gasteiger partial charge in [-0.3, -0.25) is 9.98 Å². The summed E-state index contributed by atoms with van der Waals surface area (Å²) in [6.07, 6.45) is 4.51. The fourth-order valence-electron chi connectivity index (χ4n) is 2.88. The van der Waals surface area contributed by atoms with Crippen molar-refractivity contribution in [2.75, 3.05) is 44.8 Å². The first-order chi connectivity index (χ1) is 12.9. The van der Waals surface area contributed by atoms with E-state index in [-0.39, 0.29) is 24.0 Å². The first-order valence-electron chi connectivity index (χ1n) is 8.98. The smallest absolute Gasteiger partial charge is 0.191 e. The van der Waals surface area contributed by atoms with E-state index in [0.29, 0.717) is 6.54 Å². The van der Waals surface area contributed by atoms with Crippen LogP contribution in [-0.4, -0.2) is 55.8 Å². The molecule has 0 spiro atoms. The molecule has 3 heterocycles. The summed E-state index contributed by atoms with van der Waals surface area (Å²) in [5.74, 6) is 1.80. The Morgan fingerprint density at radius 2 is 1.93 bits per heavy atom. The fourth-order valence-corrected chi connectivity index (χ4v) is 2.88. The molecule has 0 radical (unpaired) electrons. The second-order valence-corrected chi connectivity index (χ2v) is 6.01. The van der Waals surface area contributed by atoms with E-state index in [2.05, 4.69) is 36.6 Å². The van der Waals surface area contributed by atoms with Gasteiger partial charge in [0.15, 0.2) is 5.96 Å². The van der Waals surface area contributed by atoms with Crippen molar-refractivity contribution in [2.45, 2.75) is 13.0 Å². The molecule has 1 saturated heterocycles. The van der Waals surface area contributed by atoms with Gasteiger partial charge in [-0.15, -0.1) is 24.0 Å². The van der Waals surface area contributed by atoms with Crippen molar-refractivity contribution in [1.29, 1.82) is 0 Å². The third kappa shape index (κ3) is 6.62. The largest absolute Gasteiger partial charge is 0.378 e. The number of anilines is 1. The molecule has 7 nitrogen and oxygen atoms in total. The summed E-state index contributed by atoms with van der Waals surface area (Å²) < 4.78 is 5.44. The summed E-state index contributed by atoms with van der Waals surface area (Å²) in [4.78, 5) is 15.5. The van der Waals surface area contributed by atoms with Crippen molar-refractivity contribution in [3.05, 3.63) is 54.0 Å². The van der Waals surface area contributed by atoms with Crippen LogP contribution in [0.1, 0.15) is 11.3 Å². The molecular weight excluding hydrogens is 455 g/mol. The Hall–Kier alpha value is -1.94. The Morgan fingerprint density at radius 3 is 2.67 bits per heavy atom. The molecule has 0 aromatic carbocycles. The first-order valence-corrected chi connectivity index (χ1v) is 8.98. The number of pyridine rings is 2. The second-order valence-electron chi connectivity index (χ2n) is 6.01. The van der Waals surface area contributed by atoms with Gasteiger partial charge in [-0.1, -0.05) is 12.1 Å². The number of ether oxygens (including phenoxy) is 1. The number of rotatable bonds is 6. The highest BCUT2D eigenvalue weighted by atomic mass is 127. The van der Waals surface area contributed by atoms with Gasteiger partial charge in [-0.05, 0) is 18.2 Å². The average Bonchev–Trinajstić information content (AvgIpc) is 2.72. The number of aliphatic imine (C=N–C) groups is 1. The fraction of sp³-hybridized carbons (Fsp3) is 0.421. The Labute approximate surface area is 177 Å². The number of morpholine rings is 1. The molecule has 0 saturated carbocycles. The van der Waals surface area contributed by atoms with Crippen LogP contribution in [0.25, 0.3) is 0 Å². The van der Waals surface area contributed by atoms with E-state index in [4.69, 9.17) is 4.74 Å². The zero-order valence-electron chi connectivity index (χ0n) is 15.6. The van der Waals surface area contributed by atoms with E-state index < -0.39 is 0 Å². The predicted octanol–water partition coefficient (Wildman–Crippen LogP) is 1.84. The topological polar surface area (TPSA) is 74.7 Å². The number of nitrogens with one attached hydrogen (secondary N) is 2. The summed E-state index contributed by atoms with van der Waals surface area (Å²) in [5.41, 5.74) is 2.22. The third-order valence-corrected chi connectivity index (χ3v) is 4.25. The average molecular weight is 482 g/mol. The van der Waals surface area contributed by atoms with Gasteiger partial charge in [0.1, 0.15) is 5.82 Å².